The number of piperidine rings is 1. The van der Waals surface area contributed by atoms with Gasteiger partial charge in [0, 0.05) is 44.7 Å². The number of nitrogens with zero attached hydrogens (tertiary/aromatic N) is 4. The van der Waals surface area contributed by atoms with E-state index in [9.17, 15) is 4.79 Å². The lowest BCUT2D eigenvalue weighted by molar-refractivity contribution is 0.0585. The molecule has 3 heterocycles. The number of aromatic nitrogens is 3. The van der Waals surface area contributed by atoms with Gasteiger partial charge >= 0.3 is 0 Å². The topological polar surface area (TPSA) is 60.2 Å². The molecule has 0 unspecified atom stereocenters. The number of likely N-dealkylation sites (tertiary alicyclic amines) is 1. The molecule has 27 heavy (non-hydrogen) atoms. The Morgan fingerprint density at radius 2 is 1.89 bits per heavy atom. The summed E-state index contributed by atoms with van der Waals surface area (Å²) in [6.45, 7) is 1.35. The predicted octanol–water partition coefficient (Wildman–Crippen LogP) is 3.17. The Morgan fingerprint density at radius 3 is 2.59 bits per heavy atom. The maximum Gasteiger partial charge on any atom is 0.272 e. The standard InChI is InChI=1S/C21H22N4O2/c1-24-20(14-19(23-24)16-6-3-2-4-7-16)21(26)25-12-9-17(10-13-25)27-18-8-5-11-22-15-18/h2-8,11,14-15,17H,9-10,12-13H2,1H3. The van der Waals surface area contributed by atoms with Crippen LogP contribution in [-0.4, -0.2) is 44.8 Å². The summed E-state index contributed by atoms with van der Waals surface area (Å²) >= 11 is 0. The molecule has 1 aliphatic rings. The first kappa shape index (κ1) is 17.3. The number of amides is 1. The van der Waals surface area contributed by atoms with Gasteiger partial charge in [-0.1, -0.05) is 30.3 Å². The smallest absolute Gasteiger partial charge is 0.272 e. The second-order valence-corrected chi connectivity index (χ2v) is 6.70. The molecule has 0 bridgehead atoms. The zero-order chi connectivity index (χ0) is 18.6. The van der Waals surface area contributed by atoms with Crippen molar-refractivity contribution in [1.29, 1.82) is 0 Å². The highest BCUT2D eigenvalue weighted by molar-refractivity contribution is 5.93. The quantitative estimate of drug-likeness (QED) is 0.715. The summed E-state index contributed by atoms with van der Waals surface area (Å²) in [7, 11) is 1.82. The van der Waals surface area contributed by atoms with Crippen LogP contribution in [0.15, 0.2) is 60.9 Å². The van der Waals surface area contributed by atoms with Crippen LogP contribution in [0.5, 0.6) is 5.75 Å². The number of hydrogen-bond donors (Lipinski definition) is 0. The lowest BCUT2D eigenvalue weighted by atomic mass is 10.1. The fraction of sp³-hybridized carbons (Fsp3) is 0.286. The highest BCUT2D eigenvalue weighted by atomic mass is 16.5. The summed E-state index contributed by atoms with van der Waals surface area (Å²) in [4.78, 5) is 18.9. The van der Waals surface area contributed by atoms with Gasteiger partial charge in [0.2, 0.25) is 0 Å². The first-order chi connectivity index (χ1) is 13.2. The number of carbonyl (C=O) groups is 1. The van der Waals surface area contributed by atoms with Crippen LogP contribution in [0.2, 0.25) is 0 Å². The monoisotopic (exact) mass is 362 g/mol. The van der Waals surface area contributed by atoms with Crippen LogP contribution in [-0.2, 0) is 7.05 Å². The molecule has 1 amide bonds. The average molecular weight is 362 g/mol. The second-order valence-electron chi connectivity index (χ2n) is 6.70. The Morgan fingerprint density at radius 1 is 1.11 bits per heavy atom. The highest BCUT2D eigenvalue weighted by Crippen LogP contribution is 2.22. The number of pyridine rings is 1. The predicted molar refractivity (Wildman–Crippen MR) is 102 cm³/mol. The van der Waals surface area contributed by atoms with Gasteiger partial charge in [-0.2, -0.15) is 5.10 Å². The van der Waals surface area contributed by atoms with E-state index in [4.69, 9.17) is 4.74 Å². The Hall–Kier alpha value is -3.15. The molecule has 1 saturated heterocycles. The fourth-order valence-electron chi connectivity index (χ4n) is 3.37. The van der Waals surface area contributed by atoms with E-state index in [0.29, 0.717) is 18.8 Å². The number of ether oxygens (including phenoxy) is 1. The normalized spacial score (nSPS) is 14.9. The van der Waals surface area contributed by atoms with Crippen molar-refractivity contribution in [2.24, 2.45) is 7.05 Å². The summed E-state index contributed by atoms with van der Waals surface area (Å²) in [5, 5.41) is 4.51. The number of hydrogen-bond acceptors (Lipinski definition) is 4. The molecule has 0 atom stereocenters. The van der Waals surface area contributed by atoms with Gasteiger partial charge in [0.05, 0.1) is 11.9 Å². The number of aryl methyl sites for hydroxylation is 1. The molecule has 1 aliphatic heterocycles. The number of benzene rings is 1. The molecule has 1 aromatic carbocycles. The first-order valence-corrected chi connectivity index (χ1v) is 9.16. The Kier molecular flexibility index (Phi) is 4.87. The number of rotatable bonds is 4. The fourth-order valence-corrected chi connectivity index (χ4v) is 3.37. The van der Waals surface area contributed by atoms with Gasteiger partial charge in [0.1, 0.15) is 17.5 Å². The molecule has 0 N–H and O–H groups in total. The van der Waals surface area contributed by atoms with E-state index in [2.05, 4.69) is 10.1 Å². The molecule has 0 saturated carbocycles. The van der Waals surface area contributed by atoms with E-state index >= 15 is 0 Å². The summed E-state index contributed by atoms with van der Waals surface area (Å²) in [5.41, 5.74) is 2.44. The molecular weight excluding hydrogens is 340 g/mol. The van der Waals surface area contributed by atoms with Crippen molar-refractivity contribution < 1.29 is 9.53 Å². The SMILES string of the molecule is Cn1nc(-c2ccccc2)cc1C(=O)N1CCC(Oc2cccnc2)CC1. The molecular formula is C21H22N4O2. The van der Waals surface area contributed by atoms with E-state index in [1.165, 1.54) is 0 Å². The van der Waals surface area contributed by atoms with Crippen LogP contribution in [0, 0.1) is 0 Å². The molecule has 1 fully saturated rings. The minimum atomic E-state index is 0.0204. The zero-order valence-electron chi connectivity index (χ0n) is 15.3. The van der Waals surface area contributed by atoms with Crippen LogP contribution in [0.1, 0.15) is 23.3 Å². The summed E-state index contributed by atoms with van der Waals surface area (Å²) in [6.07, 6.45) is 5.18. The zero-order valence-corrected chi connectivity index (χ0v) is 15.3. The minimum Gasteiger partial charge on any atom is -0.489 e. The second kappa shape index (κ2) is 7.61. The van der Waals surface area contributed by atoms with E-state index in [1.54, 1.807) is 17.1 Å². The van der Waals surface area contributed by atoms with E-state index < -0.39 is 0 Å². The van der Waals surface area contributed by atoms with Gasteiger partial charge in [-0.25, -0.2) is 0 Å². The number of carbonyl (C=O) groups excluding carboxylic acids is 1. The Labute approximate surface area is 158 Å². The third-order valence-electron chi connectivity index (χ3n) is 4.83. The average Bonchev–Trinajstić information content (AvgIpc) is 3.11. The summed E-state index contributed by atoms with van der Waals surface area (Å²) in [6, 6.07) is 15.5. The maximum atomic E-state index is 12.9. The van der Waals surface area contributed by atoms with Crippen LogP contribution in [0.25, 0.3) is 11.3 Å². The third-order valence-corrected chi connectivity index (χ3v) is 4.83. The van der Waals surface area contributed by atoms with Crippen LogP contribution >= 0.6 is 0 Å². The van der Waals surface area contributed by atoms with Crippen molar-refractivity contribution in [2.75, 3.05) is 13.1 Å². The van der Waals surface area contributed by atoms with Gasteiger partial charge in [0.25, 0.3) is 5.91 Å². The molecule has 138 valence electrons. The molecule has 6 heteroatoms. The molecule has 0 spiro atoms. The van der Waals surface area contributed by atoms with Crippen LogP contribution < -0.4 is 4.74 Å². The maximum absolute atomic E-state index is 12.9. The molecule has 3 aromatic rings. The van der Waals surface area contributed by atoms with Gasteiger partial charge in [0.15, 0.2) is 0 Å². The van der Waals surface area contributed by atoms with Gasteiger partial charge < -0.3 is 9.64 Å². The molecule has 2 aromatic heterocycles. The van der Waals surface area contributed by atoms with Crippen molar-refractivity contribution in [3.05, 3.63) is 66.6 Å². The van der Waals surface area contributed by atoms with E-state index in [-0.39, 0.29) is 12.0 Å². The van der Waals surface area contributed by atoms with Crippen LogP contribution in [0.3, 0.4) is 0 Å². The lowest BCUT2D eigenvalue weighted by Crippen LogP contribution is -2.42. The Bertz CT molecular complexity index is 900. The van der Waals surface area contributed by atoms with Gasteiger partial charge in [-0.05, 0) is 18.2 Å². The van der Waals surface area contributed by atoms with Gasteiger partial charge in [-0.3, -0.25) is 14.5 Å². The van der Waals surface area contributed by atoms with Crippen LogP contribution in [0.4, 0.5) is 0 Å². The molecule has 6 nitrogen and oxygen atoms in total. The van der Waals surface area contributed by atoms with Crippen molar-refractivity contribution in [1.82, 2.24) is 19.7 Å². The van der Waals surface area contributed by atoms with Crippen molar-refractivity contribution in [3.63, 3.8) is 0 Å². The molecule has 0 aliphatic carbocycles. The summed E-state index contributed by atoms with van der Waals surface area (Å²) < 4.78 is 7.63. The van der Waals surface area contributed by atoms with E-state index in [1.807, 2.05) is 60.5 Å². The van der Waals surface area contributed by atoms with E-state index in [0.717, 1.165) is 29.8 Å². The van der Waals surface area contributed by atoms with Crippen molar-refractivity contribution >= 4 is 5.91 Å². The van der Waals surface area contributed by atoms with Crippen molar-refractivity contribution in [2.45, 2.75) is 18.9 Å². The van der Waals surface area contributed by atoms with Crippen molar-refractivity contribution in [3.8, 4) is 17.0 Å². The molecule has 0 radical (unpaired) electrons. The highest BCUT2D eigenvalue weighted by Gasteiger charge is 2.26. The largest absolute Gasteiger partial charge is 0.489 e. The minimum absolute atomic E-state index is 0.0204. The lowest BCUT2D eigenvalue weighted by Gasteiger charge is -2.32. The molecule has 4 rings (SSSR count). The third kappa shape index (κ3) is 3.84. The first-order valence-electron chi connectivity index (χ1n) is 9.16. The Balaban J connectivity index is 1.40. The van der Waals surface area contributed by atoms with Gasteiger partial charge in [-0.15, -0.1) is 0 Å². The summed E-state index contributed by atoms with van der Waals surface area (Å²) in [5.74, 6) is 0.799.